The predicted octanol–water partition coefficient (Wildman–Crippen LogP) is -1.16. The van der Waals surface area contributed by atoms with Gasteiger partial charge in [-0.05, 0) is 0 Å². The number of rotatable bonds is 4. The molecule has 0 fully saturated rings. The van der Waals surface area contributed by atoms with Crippen molar-refractivity contribution in [2.75, 3.05) is 12.9 Å². The van der Waals surface area contributed by atoms with Crippen LogP contribution in [0.5, 0.6) is 0 Å². The molecule has 5 nitrogen and oxygen atoms in total. The third kappa shape index (κ3) is 4.28. The maximum atomic E-state index is 10.5. The van der Waals surface area contributed by atoms with Crippen LogP contribution >= 0.6 is 0 Å². The lowest BCUT2D eigenvalue weighted by molar-refractivity contribution is -0.117. The van der Waals surface area contributed by atoms with E-state index in [2.05, 4.69) is 4.18 Å². The molecule has 0 aliphatic carbocycles. The van der Waals surface area contributed by atoms with E-state index in [1.54, 1.807) is 0 Å². The molecule has 0 unspecified atom stereocenters. The Bertz CT molecular complexity index is 207. The van der Waals surface area contributed by atoms with Gasteiger partial charge in [0, 0.05) is 6.42 Å². The minimum Gasteiger partial charge on any atom is -0.370 e. The Morgan fingerprint density at radius 2 is 2.10 bits per heavy atom. The second-order valence-corrected chi connectivity index (χ2v) is 3.50. The van der Waals surface area contributed by atoms with Crippen molar-refractivity contribution in [1.82, 2.24) is 0 Å². The molecule has 6 heteroatoms. The fourth-order valence-corrected chi connectivity index (χ4v) is 0.927. The first-order valence-corrected chi connectivity index (χ1v) is 4.12. The van der Waals surface area contributed by atoms with Crippen molar-refractivity contribution in [2.24, 2.45) is 5.73 Å². The van der Waals surface area contributed by atoms with E-state index in [0.29, 0.717) is 0 Å². The first-order valence-electron chi connectivity index (χ1n) is 2.54. The van der Waals surface area contributed by atoms with Gasteiger partial charge in [-0.1, -0.05) is 0 Å². The minimum atomic E-state index is -3.52. The van der Waals surface area contributed by atoms with Gasteiger partial charge in [-0.25, -0.2) is 0 Å². The molecule has 0 heterocycles. The molecule has 0 bridgehead atoms. The summed E-state index contributed by atoms with van der Waals surface area (Å²) in [6.07, 6.45) is -0.198. The fraction of sp³-hybridized carbons (Fsp3) is 0.750. The topological polar surface area (TPSA) is 86.5 Å². The number of primary amides is 1. The Labute approximate surface area is 59.3 Å². The van der Waals surface area contributed by atoms with Crippen molar-refractivity contribution in [2.45, 2.75) is 6.42 Å². The van der Waals surface area contributed by atoms with Crippen molar-refractivity contribution in [1.29, 1.82) is 0 Å². The Morgan fingerprint density at radius 1 is 1.60 bits per heavy atom. The molecule has 0 aromatic rings. The third-order valence-electron chi connectivity index (χ3n) is 0.852. The van der Waals surface area contributed by atoms with Crippen LogP contribution in [-0.2, 0) is 19.1 Å². The van der Waals surface area contributed by atoms with E-state index < -0.39 is 16.0 Å². The van der Waals surface area contributed by atoms with Crippen molar-refractivity contribution >= 4 is 16.0 Å². The van der Waals surface area contributed by atoms with E-state index in [1.807, 2.05) is 0 Å². The fourth-order valence-electron chi connectivity index (χ4n) is 0.309. The monoisotopic (exact) mass is 167 g/mol. The average molecular weight is 167 g/mol. The highest BCUT2D eigenvalue weighted by Crippen LogP contribution is 1.92. The molecule has 0 radical (unpaired) electrons. The Hall–Kier alpha value is -0.620. The van der Waals surface area contributed by atoms with E-state index in [4.69, 9.17) is 5.73 Å². The maximum absolute atomic E-state index is 10.5. The van der Waals surface area contributed by atoms with Crippen LogP contribution in [0.1, 0.15) is 6.42 Å². The standard InChI is InChI=1S/C4H9NO4S/c1-9-10(7,8)3-2-4(5)6/h2-3H2,1H3,(H2,5,6). The van der Waals surface area contributed by atoms with Gasteiger partial charge in [-0.3, -0.25) is 8.98 Å². The summed E-state index contributed by atoms with van der Waals surface area (Å²) >= 11 is 0. The summed E-state index contributed by atoms with van der Waals surface area (Å²) in [5.41, 5.74) is 4.70. The quantitative estimate of drug-likeness (QED) is 0.535. The maximum Gasteiger partial charge on any atom is 0.267 e. The summed E-state index contributed by atoms with van der Waals surface area (Å²) in [5.74, 6) is -1.00. The van der Waals surface area contributed by atoms with Gasteiger partial charge in [0.25, 0.3) is 10.1 Å². The Kier molecular flexibility index (Phi) is 3.31. The molecule has 0 aromatic carbocycles. The molecule has 1 amide bonds. The number of carbonyl (C=O) groups excluding carboxylic acids is 1. The van der Waals surface area contributed by atoms with E-state index in [9.17, 15) is 13.2 Å². The lowest BCUT2D eigenvalue weighted by Gasteiger charge is -1.96. The zero-order chi connectivity index (χ0) is 8.20. The van der Waals surface area contributed by atoms with E-state index in [1.165, 1.54) is 0 Å². The van der Waals surface area contributed by atoms with Gasteiger partial charge in [0.1, 0.15) is 0 Å². The summed E-state index contributed by atoms with van der Waals surface area (Å²) < 4.78 is 25.0. The summed E-state index contributed by atoms with van der Waals surface area (Å²) in [4.78, 5) is 10.1. The number of nitrogens with two attached hydrogens (primary N) is 1. The Morgan fingerprint density at radius 3 is 2.40 bits per heavy atom. The number of hydrogen-bond donors (Lipinski definition) is 1. The van der Waals surface area contributed by atoms with Crippen molar-refractivity contribution < 1.29 is 17.4 Å². The highest BCUT2D eigenvalue weighted by Gasteiger charge is 2.09. The Balaban J connectivity index is 3.81. The second kappa shape index (κ2) is 3.52. The molecule has 10 heavy (non-hydrogen) atoms. The van der Waals surface area contributed by atoms with Gasteiger partial charge in [-0.15, -0.1) is 0 Å². The van der Waals surface area contributed by atoms with Crippen LogP contribution in [0.3, 0.4) is 0 Å². The molecule has 0 rings (SSSR count). The summed E-state index contributed by atoms with van der Waals surface area (Å²) in [7, 11) is -2.48. The number of carbonyl (C=O) groups is 1. The molecular formula is C4H9NO4S. The second-order valence-electron chi connectivity index (χ2n) is 1.64. The molecule has 0 aliphatic rings. The molecule has 0 saturated carbocycles. The van der Waals surface area contributed by atoms with E-state index >= 15 is 0 Å². The highest BCUT2D eigenvalue weighted by molar-refractivity contribution is 7.86. The molecule has 0 aromatic heterocycles. The van der Waals surface area contributed by atoms with Gasteiger partial charge in [0.2, 0.25) is 5.91 Å². The van der Waals surface area contributed by atoms with Gasteiger partial charge >= 0.3 is 0 Å². The first kappa shape index (κ1) is 9.38. The number of amides is 1. The SMILES string of the molecule is COS(=O)(=O)CCC(N)=O. The molecular weight excluding hydrogens is 158 g/mol. The lowest BCUT2D eigenvalue weighted by atomic mass is 10.5. The molecule has 2 N–H and O–H groups in total. The van der Waals surface area contributed by atoms with Crippen LogP contribution in [0.25, 0.3) is 0 Å². The van der Waals surface area contributed by atoms with Crippen LogP contribution in [0.2, 0.25) is 0 Å². The van der Waals surface area contributed by atoms with Gasteiger partial charge in [0.15, 0.2) is 0 Å². The van der Waals surface area contributed by atoms with Gasteiger partial charge < -0.3 is 5.73 Å². The van der Waals surface area contributed by atoms with E-state index in [-0.39, 0.29) is 12.2 Å². The molecule has 60 valence electrons. The van der Waals surface area contributed by atoms with Gasteiger partial charge in [-0.2, -0.15) is 8.42 Å². The van der Waals surface area contributed by atoms with Crippen LogP contribution in [-0.4, -0.2) is 27.2 Å². The third-order valence-corrected chi connectivity index (χ3v) is 2.06. The molecule has 0 saturated heterocycles. The van der Waals surface area contributed by atoms with Crippen LogP contribution in [0, 0.1) is 0 Å². The largest absolute Gasteiger partial charge is 0.370 e. The summed E-state index contributed by atoms with van der Waals surface area (Å²) in [6.45, 7) is 0. The van der Waals surface area contributed by atoms with Crippen molar-refractivity contribution in [3.8, 4) is 0 Å². The zero-order valence-electron chi connectivity index (χ0n) is 5.53. The van der Waals surface area contributed by atoms with Crippen LogP contribution in [0.4, 0.5) is 0 Å². The predicted molar refractivity (Wildman–Crippen MR) is 34.6 cm³/mol. The summed E-state index contributed by atoms with van der Waals surface area (Å²) in [6, 6.07) is 0. The normalized spacial score (nSPS) is 11.3. The number of hydrogen-bond acceptors (Lipinski definition) is 4. The molecule has 0 spiro atoms. The lowest BCUT2D eigenvalue weighted by Crippen LogP contribution is -2.17. The van der Waals surface area contributed by atoms with Crippen molar-refractivity contribution in [3.63, 3.8) is 0 Å². The molecule has 0 aliphatic heterocycles. The van der Waals surface area contributed by atoms with Crippen LogP contribution in [0.15, 0.2) is 0 Å². The van der Waals surface area contributed by atoms with Crippen molar-refractivity contribution in [3.05, 3.63) is 0 Å². The van der Waals surface area contributed by atoms with E-state index in [0.717, 1.165) is 7.11 Å². The van der Waals surface area contributed by atoms with Gasteiger partial charge in [0.05, 0.1) is 12.9 Å². The van der Waals surface area contributed by atoms with Crippen LogP contribution < -0.4 is 5.73 Å². The summed E-state index contributed by atoms with van der Waals surface area (Å²) in [5, 5.41) is 0. The first-order chi connectivity index (χ1) is 4.48. The average Bonchev–Trinajstić information content (AvgIpc) is 1.85. The molecule has 0 atom stereocenters. The smallest absolute Gasteiger partial charge is 0.267 e. The highest BCUT2D eigenvalue weighted by atomic mass is 32.2. The minimum absolute atomic E-state index is 0.198. The zero-order valence-corrected chi connectivity index (χ0v) is 6.35.